The molecule has 1 aromatic heterocycles. The molecule has 106 valence electrons. The van der Waals surface area contributed by atoms with E-state index in [1.54, 1.807) is 6.07 Å². The van der Waals surface area contributed by atoms with Gasteiger partial charge < -0.3 is 10.1 Å². The van der Waals surface area contributed by atoms with Gasteiger partial charge in [-0.25, -0.2) is 14.4 Å². The van der Waals surface area contributed by atoms with Gasteiger partial charge in [-0.05, 0) is 26.0 Å². The van der Waals surface area contributed by atoms with Crippen molar-refractivity contribution < 1.29 is 9.13 Å². The molecule has 0 atom stereocenters. The minimum Gasteiger partial charge on any atom is -0.482 e. The standard InChI is InChI=1S/C14H15ClFN3O/c1-3-17-12-7-9(2)18-13(19-12)8-20-11-6-4-5-10(15)14(11)16/h4-7H,3,8H2,1-2H3,(H,17,18,19). The molecule has 0 fully saturated rings. The first-order valence-electron chi connectivity index (χ1n) is 6.25. The van der Waals surface area contributed by atoms with Crippen molar-refractivity contribution in [3.63, 3.8) is 0 Å². The second-order valence-corrected chi connectivity index (χ2v) is 4.59. The Hall–Kier alpha value is -1.88. The third kappa shape index (κ3) is 3.57. The van der Waals surface area contributed by atoms with Gasteiger partial charge in [-0.2, -0.15) is 0 Å². The summed E-state index contributed by atoms with van der Waals surface area (Å²) in [6.45, 7) is 4.69. The van der Waals surface area contributed by atoms with Crippen LogP contribution in [0.2, 0.25) is 5.02 Å². The number of hydrogen-bond acceptors (Lipinski definition) is 4. The lowest BCUT2D eigenvalue weighted by Crippen LogP contribution is -2.07. The highest BCUT2D eigenvalue weighted by Gasteiger charge is 2.09. The van der Waals surface area contributed by atoms with Crippen LogP contribution in [0.15, 0.2) is 24.3 Å². The molecule has 0 saturated carbocycles. The highest BCUT2D eigenvalue weighted by atomic mass is 35.5. The molecule has 0 spiro atoms. The Morgan fingerprint density at radius 3 is 2.90 bits per heavy atom. The van der Waals surface area contributed by atoms with Gasteiger partial charge in [-0.15, -0.1) is 0 Å². The second kappa shape index (κ2) is 6.52. The number of ether oxygens (including phenoxy) is 1. The molecule has 0 unspecified atom stereocenters. The largest absolute Gasteiger partial charge is 0.482 e. The highest BCUT2D eigenvalue weighted by Crippen LogP contribution is 2.24. The van der Waals surface area contributed by atoms with Crippen LogP contribution < -0.4 is 10.1 Å². The van der Waals surface area contributed by atoms with Gasteiger partial charge in [0.2, 0.25) is 0 Å². The number of aryl methyl sites for hydroxylation is 1. The summed E-state index contributed by atoms with van der Waals surface area (Å²) in [4.78, 5) is 8.54. The van der Waals surface area contributed by atoms with Crippen LogP contribution in [0.4, 0.5) is 10.2 Å². The summed E-state index contributed by atoms with van der Waals surface area (Å²) in [5, 5.41) is 3.13. The third-order valence-corrected chi connectivity index (χ3v) is 2.82. The van der Waals surface area contributed by atoms with Crippen LogP contribution >= 0.6 is 11.6 Å². The average molecular weight is 296 g/mol. The summed E-state index contributed by atoms with van der Waals surface area (Å²) >= 11 is 5.69. The van der Waals surface area contributed by atoms with Gasteiger partial charge in [0.15, 0.2) is 17.4 Å². The monoisotopic (exact) mass is 295 g/mol. The van der Waals surface area contributed by atoms with Gasteiger partial charge >= 0.3 is 0 Å². The Bertz CT molecular complexity index is 607. The predicted octanol–water partition coefficient (Wildman–Crippen LogP) is 3.59. The van der Waals surface area contributed by atoms with Crippen molar-refractivity contribution in [1.82, 2.24) is 9.97 Å². The minimum atomic E-state index is -0.575. The number of halogens is 2. The van der Waals surface area contributed by atoms with E-state index < -0.39 is 5.82 Å². The predicted molar refractivity (Wildman–Crippen MR) is 76.7 cm³/mol. The maximum absolute atomic E-state index is 13.7. The summed E-state index contributed by atoms with van der Waals surface area (Å²) in [6.07, 6.45) is 0. The van der Waals surface area contributed by atoms with Crippen molar-refractivity contribution in [3.05, 3.63) is 46.6 Å². The van der Waals surface area contributed by atoms with Crippen molar-refractivity contribution in [1.29, 1.82) is 0 Å². The zero-order chi connectivity index (χ0) is 14.5. The van der Waals surface area contributed by atoms with E-state index in [9.17, 15) is 4.39 Å². The van der Waals surface area contributed by atoms with E-state index in [4.69, 9.17) is 16.3 Å². The van der Waals surface area contributed by atoms with Gasteiger partial charge in [0.1, 0.15) is 12.4 Å². The molecule has 0 amide bonds. The van der Waals surface area contributed by atoms with Crippen LogP contribution in [0.3, 0.4) is 0 Å². The molecule has 20 heavy (non-hydrogen) atoms. The molecule has 1 N–H and O–H groups in total. The Morgan fingerprint density at radius 2 is 2.15 bits per heavy atom. The van der Waals surface area contributed by atoms with Gasteiger partial charge in [0, 0.05) is 18.3 Å². The fourth-order valence-electron chi connectivity index (χ4n) is 1.70. The van der Waals surface area contributed by atoms with Crippen molar-refractivity contribution in [2.45, 2.75) is 20.5 Å². The maximum atomic E-state index is 13.7. The Balaban J connectivity index is 2.12. The third-order valence-electron chi connectivity index (χ3n) is 2.53. The number of nitrogens with one attached hydrogen (secondary N) is 1. The fourth-order valence-corrected chi connectivity index (χ4v) is 1.87. The molecule has 2 rings (SSSR count). The number of rotatable bonds is 5. The second-order valence-electron chi connectivity index (χ2n) is 4.18. The summed E-state index contributed by atoms with van der Waals surface area (Å²) in [5.74, 6) is 0.729. The molecule has 1 aromatic carbocycles. The maximum Gasteiger partial charge on any atom is 0.183 e. The lowest BCUT2D eigenvalue weighted by atomic mass is 10.3. The van der Waals surface area contributed by atoms with Gasteiger partial charge in [0.25, 0.3) is 0 Å². The number of anilines is 1. The van der Waals surface area contributed by atoms with Crippen LogP contribution in [0.1, 0.15) is 18.4 Å². The molecule has 6 heteroatoms. The number of nitrogens with zero attached hydrogens (tertiary/aromatic N) is 2. The summed E-state index contributed by atoms with van der Waals surface area (Å²) in [7, 11) is 0. The van der Waals surface area contributed by atoms with Crippen LogP contribution in [0.5, 0.6) is 5.75 Å². The molecule has 2 aromatic rings. The van der Waals surface area contributed by atoms with E-state index >= 15 is 0 Å². The highest BCUT2D eigenvalue weighted by molar-refractivity contribution is 6.30. The quantitative estimate of drug-likeness (QED) is 0.916. The minimum absolute atomic E-state index is 0.0287. The Labute approximate surface area is 122 Å². The first-order valence-corrected chi connectivity index (χ1v) is 6.63. The van der Waals surface area contributed by atoms with E-state index in [0.29, 0.717) is 5.82 Å². The van der Waals surface area contributed by atoms with Crippen LogP contribution in [-0.4, -0.2) is 16.5 Å². The van der Waals surface area contributed by atoms with Gasteiger partial charge in [-0.3, -0.25) is 0 Å². The van der Waals surface area contributed by atoms with E-state index in [1.807, 2.05) is 19.9 Å². The normalized spacial score (nSPS) is 10.4. The molecule has 0 aliphatic carbocycles. The zero-order valence-corrected chi connectivity index (χ0v) is 12.0. The molecule has 1 heterocycles. The van der Waals surface area contributed by atoms with Crippen LogP contribution in [0.25, 0.3) is 0 Å². The first kappa shape index (κ1) is 14.5. The van der Waals surface area contributed by atoms with Crippen LogP contribution in [-0.2, 0) is 6.61 Å². The number of benzene rings is 1. The fraction of sp³-hybridized carbons (Fsp3) is 0.286. The SMILES string of the molecule is CCNc1cc(C)nc(COc2cccc(Cl)c2F)n1. The van der Waals surface area contributed by atoms with Crippen molar-refractivity contribution in [2.75, 3.05) is 11.9 Å². The summed E-state index contributed by atoms with van der Waals surface area (Å²) in [6, 6.07) is 6.45. The molecule has 0 aliphatic rings. The van der Waals surface area contributed by atoms with Gasteiger partial charge in [-0.1, -0.05) is 17.7 Å². The first-order chi connectivity index (χ1) is 9.60. The van der Waals surface area contributed by atoms with E-state index in [-0.39, 0.29) is 17.4 Å². The zero-order valence-electron chi connectivity index (χ0n) is 11.3. The molecule has 0 radical (unpaired) electrons. The van der Waals surface area contributed by atoms with E-state index in [1.165, 1.54) is 12.1 Å². The smallest absolute Gasteiger partial charge is 0.183 e. The molecular formula is C14H15ClFN3O. The lowest BCUT2D eigenvalue weighted by molar-refractivity contribution is 0.281. The van der Waals surface area contributed by atoms with Crippen molar-refractivity contribution >= 4 is 17.4 Å². The summed E-state index contributed by atoms with van der Waals surface area (Å²) < 4.78 is 19.1. The number of aromatic nitrogens is 2. The molecule has 0 saturated heterocycles. The average Bonchev–Trinajstić information content (AvgIpc) is 2.40. The molecule has 4 nitrogen and oxygen atoms in total. The Kier molecular flexibility index (Phi) is 4.74. The Morgan fingerprint density at radius 1 is 1.35 bits per heavy atom. The van der Waals surface area contributed by atoms with E-state index in [0.717, 1.165) is 18.1 Å². The topological polar surface area (TPSA) is 47.0 Å². The summed E-state index contributed by atoms with van der Waals surface area (Å²) in [5.41, 5.74) is 0.820. The van der Waals surface area contributed by atoms with Crippen LogP contribution in [0, 0.1) is 12.7 Å². The van der Waals surface area contributed by atoms with E-state index in [2.05, 4.69) is 15.3 Å². The lowest BCUT2D eigenvalue weighted by Gasteiger charge is -2.09. The van der Waals surface area contributed by atoms with Gasteiger partial charge in [0.05, 0.1) is 5.02 Å². The number of hydrogen-bond donors (Lipinski definition) is 1. The molecular weight excluding hydrogens is 281 g/mol. The molecule has 0 bridgehead atoms. The van der Waals surface area contributed by atoms with Crippen molar-refractivity contribution in [3.8, 4) is 5.75 Å². The molecule has 0 aliphatic heterocycles. The van der Waals surface area contributed by atoms with Crippen molar-refractivity contribution in [2.24, 2.45) is 0 Å².